The lowest BCUT2D eigenvalue weighted by Crippen LogP contribution is -2.46. The van der Waals surface area contributed by atoms with Gasteiger partial charge >= 0.3 is 0 Å². The van der Waals surface area contributed by atoms with Crippen LogP contribution in [0.1, 0.15) is 297 Å². The van der Waals surface area contributed by atoms with Crippen LogP contribution in [-0.4, -0.2) is 31.2 Å². The van der Waals surface area contributed by atoms with E-state index in [1.165, 1.54) is 300 Å². The first-order valence-electron chi connectivity index (χ1n) is 25.0. The SMILES string of the molecule is CCCCCCCCCCCCCCCCC[N+](C)(CCCCCCCCCCCCCCCC)CCCCCCCCCCCCCCCC. The summed E-state index contributed by atoms with van der Waals surface area (Å²) in [7, 11) is 2.63. The molecule has 0 fully saturated rings. The Morgan fingerprint density at radius 1 is 0.176 bits per heavy atom. The molecule has 0 heterocycles. The Bertz CT molecular complexity index is 566. The minimum absolute atomic E-state index is 1.37. The average Bonchev–Trinajstić information content (AvgIpc) is 3.13. The Morgan fingerprint density at radius 2 is 0.294 bits per heavy atom. The van der Waals surface area contributed by atoms with E-state index in [0.29, 0.717) is 0 Å². The van der Waals surface area contributed by atoms with Crippen LogP contribution in [0.3, 0.4) is 0 Å². The zero-order valence-corrected chi connectivity index (χ0v) is 37.0. The van der Waals surface area contributed by atoms with Gasteiger partial charge in [0.05, 0.1) is 26.7 Å². The van der Waals surface area contributed by atoms with Crippen LogP contribution >= 0.6 is 0 Å². The molecule has 0 N–H and O–H groups in total. The molecule has 0 aliphatic heterocycles. The van der Waals surface area contributed by atoms with Crippen LogP contribution in [0.15, 0.2) is 0 Å². The minimum Gasteiger partial charge on any atom is -0.326 e. The van der Waals surface area contributed by atoms with Crippen molar-refractivity contribution in [3.8, 4) is 0 Å². The molecule has 0 aromatic carbocycles. The van der Waals surface area contributed by atoms with Gasteiger partial charge in [0.25, 0.3) is 0 Å². The van der Waals surface area contributed by atoms with Gasteiger partial charge in [0.15, 0.2) is 0 Å². The summed E-state index contributed by atoms with van der Waals surface area (Å²) in [6.45, 7) is 11.3. The molecule has 308 valence electrons. The van der Waals surface area contributed by atoms with E-state index in [9.17, 15) is 0 Å². The van der Waals surface area contributed by atoms with E-state index in [1.54, 1.807) is 0 Å². The second-order valence-corrected chi connectivity index (χ2v) is 17.9. The van der Waals surface area contributed by atoms with Gasteiger partial charge in [-0.05, 0) is 38.5 Å². The smallest absolute Gasteiger partial charge is 0.0784 e. The third kappa shape index (κ3) is 42.6. The van der Waals surface area contributed by atoms with Gasteiger partial charge < -0.3 is 4.48 Å². The molecule has 0 unspecified atom stereocenters. The van der Waals surface area contributed by atoms with Crippen molar-refractivity contribution in [3.63, 3.8) is 0 Å². The van der Waals surface area contributed by atoms with E-state index in [1.807, 2.05) is 0 Å². The summed E-state index contributed by atoms with van der Waals surface area (Å²) in [6, 6.07) is 0. The summed E-state index contributed by atoms with van der Waals surface area (Å²) in [4.78, 5) is 0. The van der Waals surface area contributed by atoms with Gasteiger partial charge in [-0.1, -0.05) is 258 Å². The van der Waals surface area contributed by atoms with Crippen molar-refractivity contribution >= 4 is 0 Å². The van der Waals surface area contributed by atoms with Crippen molar-refractivity contribution < 1.29 is 4.48 Å². The molecule has 0 aliphatic rings. The summed E-state index contributed by atoms with van der Waals surface area (Å²) in [5, 5.41) is 0. The Kier molecular flexibility index (Phi) is 44.3. The third-order valence-corrected chi connectivity index (χ3v) is 12.4. The van der Waals surface area contributed by atoms with Crippen LogP contribution in [0.4, 0.5) is 0 Å². The van der Waals surface area contributed by atoms with Crippen LogP contribution in [0.2, 0.25) is 0 Å². The van der Waals surface area contributed by atoms with Crippen molar-refractivity contribution in [3.05, 3.63) is 0 Å². The normalized spacial score (nSPS) is 12.0. The number of nitrogens with zero attached hydrogens (tertiary/aromatic N) is 1. The minimum atomic E-state index is 1.37. The molecule has 0 rings (SSSR count). The highest BCUT2D eigenvalue weighted by Gasteiger charge is 2.20. The van der Waals surface area contributed by atoms with E-state index in [4.69, 9.17) is 0 Å². The summed E-state index contributed by atoms with van der Waals surface area (Å²) >= 11 is 0. The number of rotatable bonds is 46. The van der Waals surface area contributed by atoms with Crippen LogP contribution in [0.25, 0.3) is 0 Å². The van der Waals surface area contributed by atoms with Gasteiger partial charge in [-0.15, -0.1) is 0 Å². The zero-order valence-electron chi connectivity index (χ0n) is 37.0. The van der Waals surface area contributed by atoms with Crippen molar-refractivity contribution in [1.82, 2.24) is 0 Å². The topological polar surface area (TPSA) is 0 Å². The van der Waals surface area contributed by atoms with Gasteiger partial charge in [-0.25, -0.2) is 0 Å². The summed E-state index contributed by atoms with van der Waals surface area (Å²) in [5.74, 6) is 0. The fraction of sp³-hybridized carbons (Fsp3) is 1.00. The molecule has 0 aromatic rings. The molecule has 0 aromatic heterocycles. The maximum Gasteiger partial charge on any atom is 0.0784 e. The molecule has 0 bridgehead atoms. The molecule has 0 spiro atoms. The molecule has 0 amide bonds. The van der Waals surface area contributed by atoms with Crippen LogP contribution in [0.5, 0.6) is 0 Å². The number of hydrogen-bond donors (Lipinski definition) is 0. The number of unbranched alkanes of at least 4 members (excludes halogenated alkanes) is 40. The predicted molar refractivity (Wildman–Crippen MR) is 236 cm³/mol. The lowest BCUT2D eigenvalue weighted by Gasteiger charge is -2.35. The Balaban J connectivity index is 4.07. The second kappa shape index (κ2) is 44.4. The fourth-order valence-electron chi connectivity index (χ4n) is 8.58. The second-order valence-electron chi connectivity index (χ2n) is 17.9. The first-order valence-corrected chi connectivity index (χ1v) is 25.0. The standard InChI is InChI=1S/C50H104N/c1-5-8-11-14-17-20-23-26-29-32-35-38-41-44-47-50-51(4,48-45-42-39-36-33-30-27-24-21-18-15-12-9-6-2)49-46-43-40-37-34-31-28-25-22-19-16-13-10-7-3/h5-50H2,1-4H3/q+1. The zero-order chi connectivity index (χ0) is 37.0. The van der Waals surface area contributed by atoms with Gasteiger partial charge in [0, 0.05) is 0 Å². The quantitative estimate of drug-likeness (QED) is 0.0434. The van der Waals surface area contributed by atoms with Crippen LogP contribution < -0.4 is 0 Å². The molecule has 0 atom stereocenters. The van der Waals surface area contributed by atoms with Crippen molar-refractivity contribution in [2.75, 3.05) is 26.7 Å². The number of hydrogen-bond acceptors (Lipinski definition) is 0. The maximum absolute atomic E-state index is 2.63. The van der Waals surface area contributed by atoms with Crippen molar-refractivity contribution in [2.24, 2.45) is 0 Å². The highest BCUT2D eigenvalue weighted by Crippen LogP contribution is 2.19. The van der Waals surface area contributed by atoms with Crippen LogP contribution in [0, 0.1) is 0 Å². The van der Waals surface area contributed by atoms with E-state index in [2.05, 4.69) is 27.8 Å². The molecular weight excluding hydrogens is 615 g/mol. The molecule has 0 aliphatic carbocycles. The van der Waals surface area contributed by atoms with Gasteiger partial charge in [0.2, 0.25) is 0 Å². The molecular formula is C50H104N+. The maximum atomic E-state index is 2.63. The van der Waals surface area contributed by atoms with E-state index < -0.39 is 0 Å². The van der Waals surface area contributed by atoms with Crippen LogP contribution in [-0.2, 0) is 0 Å². The first kappa shape index (κ1) is 51.0. The van der Waals surface area contributed by atoms with E-state index >= 15 is 0 Å². The summed E-state index contributed by atoms with van der Waals surface area (Å²) in [5.41, 5.74) is 0. The molecule has 0 radical (unpaired) electrons. The average molecular weight is 719 g/mol. The van der Waals surface area contributed by atoms with Gasteiger partial charge in [-0.2, -0.15) is 0 Å². The van der Waals surface area contributed by atoms with Crippen molar-refractivity contribution in [1.29, 1.82) is 0 Å². The van der Waals surface area contributed by atoms with E-state index in [0.717, 1.165) is 0 Å². The Hall–Kier alpha value is -0.0400. The first-order chi connectivity index (χ1) is 25.2. The Morgan fingerprint density at radius 3 is 0.431 bits per heavy atom. The predicted octanol–water partition coefficient (Wildman–Crippen LogP) is 18.3. The molecule has 51 heavy (non-hydrogen) atoms. The van der Waals surface area contributed by atoms with Gasteiger partial charge in [-0.3, -0.25) is 0 Å². The molecule has 0 saturated heterocycles. The lowest BCUT2D eigenvalue weighted by molar-refractivity contribution is -0.910. The molecule has 0 saturated carbocycles. The van der Waals surface area contributed by atoms with E-state index in [-0.39, 0.29) is 0 Å². The fourth-order valence-corrected chi connectivity index (χ4v) is 8.58. The monoisotopic (exact) mass is 719 g/mol. The summed E-state index contributed by atoms with van der Waals surface area (Å²) in [6.07, 6.45) is 63.2. The van der Waals surface area contributed by atoms with Crippen molar-refractivity contribution in [2.45, 2.75) is 297 Å². The number of quaternary nitrogens is 1. The summed E-state index contributed by atoms with van der Waals surface area (Å²) < 4.78 is 1.37. The molecule has 1 nitrogen and oxygen atoms in total. The largest absolute Gasteiger partial charge is 0.326 e. The lowest BCUT2D eigenvalue weighted by atomic mass is 10.0. The highest BCUT2D eigenvalue weighted by atomic mass is 15.3. The highest BCUT2D eigenvalue weighted by molar-refractivity contribution is 4.54. The van der Waals surface area contributed by atoms with Gasteiger partial charge in [0.1, 0.15) is 0 Å². The molecule has 1 heteroatoms. The Labute approximate surface area is 327 Å². The third-order valence-electron chi connectivity index (χ3n) is 12.4.